The molecule has 4 nitrogen and oxygen atoms in total. The summed E-state index contributed by atoms with van der Waals surface area (Å²) < 4.78 is 17.3. The molecule has 0 aliphatic carbocycles. The Morgan fingerprint density at radius 1 is 1.47 bits per heavy atom. The van der Waals surface area contributed by atoms with Gasteiger partial charge in [-0.2, -0.15) is 0 Å². The molecule has 0 fully saturated rings. The van der Waals surface area contributed by atoms with Gasteiger partial charge in [-0.25, -0.2) is 4.39 Å². The lowest BCUT2D eigenvalue weighted by Gasteiger charge is -2.12. The molecule has 94 valence electrons. The molecule has 0 saturated heterocycles. The van der Waals surface area contributed by atoms with E-state index in [2.05, 4.69) is 5.32 Å². The smallest absolute Gasteiger partial charge is 0.308 e. The van der Waals surface area contributed by atoms with E-state index in [1.54, 1.807) is 19.1 Å². The Hall–Kier alpha value is -1.62. The Kier molecular flexibility index (Phi) is 5.42. The van der Waals surface area contributed by atoms with Crippen molar-refractivity contribution in [3.63, 3.8) is 0 Å². The third-order valence-electron chi connectivity index (χ3n) is 2.09. The van der Waals surface area contributed by atoms with Gasteiger partial charge in [-0.15, -0.1) is 0 Å². The van der Waals surface area contributed by atoms with Gasteiger partial charge in [0.2, 0.25) is 0 Å². The molecular formula is C12H16FNO3. The average Bonchev–Trinajstić information content (AvgIpc) is 2.28. The molecule has 1 unspecified atom stereocenters. The zero-order valence-corrected chi connectivity index (χ0v) is 9.65. The summed E-state index contributed by atoms with van der Waals surface area (Å²) in [5, 5.41) is 12.4. The Morgan fingerprint density at radius 2 is 2.12 bits per heavy atom. The molecule has 0 bridgehead atoms. The molecule has 0 saturated carbocycles. The normalized spacial score (nSPS) is 11.9. The summed E-state index contributed by atoms with van der Waals surface area (Å²) in [5.41, 5.74) is 0.689. The largest absolute Gasteiger partial charge is 0.466 e. The van der Waals surface area contributed by atoms with Crippen molar-refractivity contribution in [2.45, 2.75) is 19.4 Å². The van der Waals surface area contributed by atoms with Crippen LogP contribution < -0.4 is 5.32 Å². The van der Waals surface area contributed by atoms with E-state index in [1.807, 2.05) is 0 Å². The standard InChI is InChI=1S/C12H16FNO3/c1-2-17-12(16)7-11(15)8-14-10-5-3-9(13)4-6-10/h3-6,11,14-15H,2,7-8H2,1H3. The fourth-order valence-electron chi connectivity index (χ4n) is 1.29. The first-order valence-corrected chi connectivity index (χ1v) is 5.45. The summed E-state index contributed by atoms with van der Waals surface area (Å²) in [4.78, 5) is 11.0. The van der Waals surface area contributed by atoms with Crippen LogP contribution in [0.5, 0.6) is 0 Å². The Labute approximate surface area is 99.4 Å². The zero-order chi connectivity index (χ0) is 12.7. The number of halogens is 1. The van der Waals surface area contributed by atoms with Crippen molar-refractivity contribution in [1.82, 2.24) is 0 Å². The maximum Gasteiger partial charge on any atom is 0.308 e. The number of carbonyl (C=O) groups is 1. The van der Waals surface area contributed by atoms with E-state index >= 15 is 0 Å². The molecule has 0 radical (unpaired) electrons. The summed E-state index contributed by atoms with van der Waals surface area (Å²) >= 11 is 0. The van der Waals surface area contributed by atoms with Crippen molar-refractivity contribution in [3.05, 3.63) is 30.1 Å². The van der Waals surface area contributed by atoms with Gasteiger partial charge in [0.25, 0.3) is 0 Å². The van der Waals surface area contributed by atoms with Gasteiger partial charge in [-0.3, -0.25) is 4.79 Å². The number of benzene rings is 1. The van der Waals surface area contributed by atoms with Gasteiger partial charge in [0.15, 0.2) is 0 Å². The predicted molar refractivity (Wildman–Crippen MR) is 62.1 cm³/mol. The number of ether oxygens (including phenoxy) is 1. The molecule has 1 atom stereocenters. The first-order valence-electron chi connectivity index (χ1n) is 5.45. The Morgan fingerprint density at radius 3 is 2.71 bits per heavy atom. The van der Waals surface area contributed by atoms with E-state index in [1.165, 1.54) is 12.1 Å². The number of esters is 1. The number of hydrogen-bond acceptors (Lipinski definition) is 4. The van der Waals surface area contributed by atoms with Gasteiger partial charge in [0.1, 0.15) is 5.82 Å². The van der Waals surface area contributed by atoms with Gasteiger partial charge in [-0.05, 0) is 31.2 Å². The van der Waals surface area contributed by atoms with Crippen molar-refractivity contribution in [2.24, 2.45) is 0 Å². The number of nitrogens with one attached hydrogen (secondary N) is 1. The van der Waals surface area contributed by atoms with Crippen molar-refractivity contribution in [3.8, 4) is 0 Å². The van der Waals surface area contributed by atoms with E-state index < -0.39 is 12.1 Å². The lowest BCUT2D eigenvalue weighted by atomic mass is 10.2. The fraction of sp³-hybridized carbons (Fsp3) is 0.417. The van der Waals surface area contributed by atoms with Crippen LogP contribution in [0, 0.1) is 5.82 Å². The lowest BCUT2D eigenvalue weighted by molar-refractivity contribution is -0.145. The second-order valence-electron chi connectivity index (χ2n) is 3.55. The second-order valence-corrected chi connectivity index (χ2v) is 3.55. The highest BCUT2D eigenvalue weighted by molar-refractivity contribution is 5.70. The highest BCUT2D eigenvalue weighted by atomic mass is 19.1. The van der Waals surface area contributed by atoms with Gasteiger partial charge in [0.05, 0.1) is 19.1 Å². The number of rotatable bonds is 6. The summed E-state index contributed by atoms with van der Waals surface area (Å²) in [5.74, 6) is -0.747. The first kappa shape index (κ1) is 13.4. The number of hydrogen-bond donors (Lipinski definition) is 2. The minimum Gasteiger partial charge on any atom is -0.466 e. The quantitative estimate of drug-likeness (QED) is 0.742. The zero-order valence-electron chi connectivity index (χ0n) is 9.65. The molecule has 1 rings (SSSR count). The van der Waals surface area contributed by atoms with Crippen molar-refractivity contribution >= 4 is 11.7 Å². The maximum atomic E-state index is 12.6. The number of anilines is 1. The molecule has 0 heterocycles. The Balaban J connectivity index is 2.30. The molecule has 1 aromatic carbocycles. The summed E-state index contributed by atoms with van der Waals surface area (Å²) in [6, 6.07) is 5.76. The van der Waals surface area contributed by atoms with Crippen LogP contribution in [0.4, 0.5) is 10.1 Å². The molecule has 17 heavy (non-hydrogen) atoms. The lowest BCUT2D eigenvalue weighted by Crippen LogP contribution is -2.23. The summed E-state index contributed by atoms with van der Waals surface area (Å²) in [6.07, 6.45) is -0.874. The molecule has 0 aliphatic heterocycles. The van der Waals surface area contributed by atoms with Crippen LogP contribution in [0.2, 0.25) is 0 Å². The second kappa shape index (κ2) is 6.85. The SMILES string of the molecule is CCOC(=O)CC(O)CNc1ccc(F)cc1. The summed E-state index contributed by atoms with van der Waals surface area (Å²) in [6.45, 7) is 2.22. The number of aliphatic hydroxyl groups is 1. The van der Waals surface area contributed by atoms with Gasteiger partial charge in [-0.1, -0.05) is 0 Å². The molecule has 0 aliphatic rings. The molecule has 2 N–H and O–H groups in total. The fourth-order valence-corrected chi connectivity index (χ4v) is 1.29. The predicted octanol–water partition coefficient (Wildman–Crippen LogP) is 1.55. The van der Waals surface area contributed by atoms with E-state index in [0.717, 1.165) is 0 Å². The van der Waals surface area contributed by atoms with Crippen LogP contribution in [0.1, 0.15) is 13.3 Å². The minimum absolute atomic E-state index is 0.0535. The van der Waals surface area contributed by atoms with Gasteiger partial charge in [0, 0.05) is 12.2 Å². The molecular weight excluding hydrogens is 225 g/mol. The highest BCUT2D eigenvalue weighted by Gasteiger charge is 2.11. The van der Waals surface area contributed by atoms with Crippen LogP contribution in [0.25, 0.3) is 0 Å². The van der Waals surface area contributed by atoms with Crippen LogP contribution in [0.3, 0.4) is 0 Å². The molecule has 0 amide bonds. The Bertz CT molecular complexity index is 353. The van der Waals surface area contributed by atoms with E-state index in [4.69, 9.17) is 4.74 Å². The van der Waals surface area contributed by atoms with Crippen LogP contribution in [-0.2, 0) is 9.53 Å². The van der Waals surface area contributed by atoms with E-state index in [0.29, 0.717) is 12.3 Å². The van der Waals surface area contributed by atoms with Crippen LogP contribution in [-0.4, -0.2) is 30.3 Å². The summed E-state index contributed by atoms with van der Waals surface area (Å²) in [7, 11) is 0. The third kappa shape index (κ3) is 5.31. The van der Waals surface area contributed by atoms with Crippen molar-refractivity contribution < 1.29 is 19.0 Å². The molecule has 0 spiro atoms. The van der Waals surface area contributed by atoms with E-state index in [9.17, 15) is 14.3 Å². The minimum atomic E-state index is -0.820. The van der Waals surface area contributed by atoms with Crippen molar-refractivity contribution in [2.75, 3.05) is 18.5 Å². The van der Waals surface area contributed by atoms with Gasteiger partial charge >= 0.3 is 5.97 Å². The number of carbonyl (C=O) groups excluding carboxylic acids is 1. The average molecular weight is 241 g/mol. The number of aliphatic hydroxyl groups excluding tert-OH is 1. The molecule has 5 heteroatoms. The highest BCUT2D eigenvalue weighted by Crippen LogP contribution is 2.08. The van der Waals surface area contributed by atoms with Gasteiger partial charge < -0.3 is 15.2 Å². The van der Waals surface area contributed by atoms with Crippen LogP contribution >= 0.6 is 0 Å². The maximum absolute atomic E-state index is 12.6. The topological polar surface area (TPSA) is 58.6 Å². The van der Waals surface area contributed by atoms with Crippen LogP contribution in [0.15, 0.2) is 24.3 Å². The van der Waals surface area contributed by atoms with Crippen molar-refractivity contribution in [1.29, 1.82) is 0 Å². The molecule has 1 aromatic rings. The third-order valence-corrected chi connectivity index (χ3v) is 2.09. The molecule has 0 aromatic heterocycles. The monoisotopic (exact) mass is 241 g/mol. The first-order chi connectivity index (χ1) is 8.11. The van der Waals surface area contributed by atoms with E-state index in [-0.39, 0.29) is 18.8 Å².